The molecule has 1 aromatic carbocycles. The molecule has 0 spiro atoms. The molecule has 1 aromatic rings. The van der Waals surface area contributed by atoms with E-state index >= 15 is 0 Å². The van der Waals surface area contributed by atoms with E-state index in [4.69, 9.17) is 0 Å². The minimum atomic E-state index is 1.01. The first-order chi connectivity index (χ1) is 7.60. The van der Waals surface area contributed by atoms with Crippen molar-refractivity contribution >= 4 is 5.69 Å². The number of anilines is 1. The lowest BCUT2D eigenvalue weighted by Crippen LogP contribution is -2.23. The van der Waals surface area contributed by atoms with Gasteiger partial charge in [0, 0.05) is 17.9 Å². The molecular weight excluding hydrogens is 194 g/mol. The van der Waals surface area contributed by atoms with Gasteiger partial charge < -0.3 is 4.90 Å². The fourth-order valence-electron chi connectivity index (χ4n) is 1.87. The highest BCUT2D eigenvalue weighted by Gasteiger charge is 2.10. The second-order valence-corrected chi connectivity index (χ2v) is 4.36. The summed E-state index contributed by atoms with van der Waals surface area (Å²) in [6.07, 6.45) is 2.15. The zero-order chi connectivity index (χ0) is 12.1. The van der Waals surface area contributed by atoms with Gasteiger partial charge in [-0.3, -0.25) is 0 Å². The van der Waals surface area contributed by atoms with Crippen LogP contribution < -0.4 is 4.90 Å². The maximum Gasteiger partial charge on any atom is 0.0440 e. The van der Waals surface area contributed by atoms with Crippen molar-refractivity contribution in [3.63, 3.8) is 0 Å². The number of hydrogen-bond acceptors (Lipinski definition) is 1. The van der Waals surface area contributed by atoms with Gasteiger partial charge in [0.15, 0.2) is 0 Å². The van der Waals surface area contributed by atoms with Crippen molar-refractivity contribution in [1.29, 1.82) is 0 Å². The van der Waals surface area contributed by atoms with Gasteiger partial charge in [-0.1, -0.05) is 32.6 Å². The Balaban J connectivity index is 3.09. The number of hydrogen-bond donors (Lipinski definition) is 0. The zero-order valence-corrected chi connectivity index (χ0v) is 11.0. The molecule has 1 heteroatoms. The average molecular weight is 217 g/mol. The third-order valence-corrected chi connectivity index (χ3v) is 2.89. The smallest absolute Gasteiger partial charge is 0.0440 e. The lowest BCUT2D eigenvalue weighted by atomic mass is 10.1. The van der Waals surface area contributed by atoms with Crippen molar-refractivity contribution < 1.29 is 0 Å². The van der Waals surface area contributed by atoms with Crippen molar-refractivity contribution in [3.8, 4) is 0 Å². The Labute approximate surface area is 99.8 Å². The van der Waals surface area contributed by atoms with Crippen LogP contribution in [0.25, 0.3) is 0 Å². The molecule has 0 unspecified atom stereocenters. The van der Waals surface area contributed by atoms with Crippen LogP contribution in [-0.4, -0.2) is 6.54 Å². The van der Waals surface area contributed by atoms with E-state index in [2.05, 4.69) is 57.4 Å². The van der Waals surface area contributed by atoms with Gasteiger partial charge in [0.05, 0.1) is 0 Å². The minimum absolute atomic E-state index is 1.01. The SMILES string of the molecule is C=C(CC)N(CCC)c1cc(C)ccc1C. The highest BCUT2D eigenvalue weighted by Crippen LogP contribution is 2.25. The summed E-state index contributed by atoms with van der Waals surface area (Å²) < 4.78 is 0. The summed E-state index contributed by atoms with van der Waals surface area (Å²) >= 11 is 0. The Hall–Kier alpha value is -1.24. The first-order valence-electron chi connectivity index (χ1n) is 6.12. The molecule has 1 rings (SSSR count). The first-order valence-corrected chi connectivity index (χ1v) is 6.12. The molecule has 0 fully saturated rings. The van der Waals surface area contributed by atoms with Gasteiger partial charge >= 0.3 is 0 Å². The number of aryl methyl sites for hydroxylation is 2. The summed E-state index contributed by atoms with van der Waals surface area (Å²) in [6, 6.07) is 6.61. The molecule has 0 radical (unpaired) electrons. The lowest BCUT2D eigenvalue weighted by molar-refractivity contribution is 0.819. The molecule has 0 aromatic heterocycles. The molecule has 88 valence electrons. The van der Waals surface area contributed by atoms with Crippen molar-refractivity contribution in [2.24, 2.45) is 0 Å². The van der Waals surface area contributed by atoms with Crippen LogP contribution in [0.4, 0.5) is 5.69 Å². The molecule has 16 heavy (non-hydrogen) atoms. The average Bonchev–Trinajstić information content (AvgIpc) is 2.28. The fourth-order valence-corrected chi connectivity index (χ4v) is 1.87. The summed E-state index contributed by atoms with van der Waals surface area (Å²) in [7, 11) is 0. The second kappa shape index (κ2) is 5.74. The first kappa shape index (κ1) is 12.8. The topological polar surface area (TPSA) is 3.24 Å². The van der Waals surface area contributed by atoms with Crippen LogP contribution in [0.2, 0.25) is 0 Å². The van der Waals surface area contributed by atoms with Crippen LogP contribution in [0.1, 0.15) is 37.8 Å². The maximum absolute atomic E-state index is 4.17. The Bertz CT molecular complexity index is 366. The number of nitrogens with zero attached hydrogens (tertiary/aromatic N) is 1. The van der Waals surface area contributed by atoms with Crippen molar-refractivity contribution in [2.75, 3.05) is 11.4 Å². The van der Waals surface area contributed by atoms with Gasteiger partial charge in [0.1, 0.15) is 0 Å². The molecule has 0 saturated heterocycles. The Morgan fingerprint density at radius 1 is 1.25 bits per heavy atom. The highest BCUT2D eigenvalue weighted by molar-refractivity contribution is 5.58. The summed E-state index contributed by atoms with van der Waals surface area (Å²) in [4.78, 5) is 2.35. The molecule has 0 atom stereocenters. The fraction of sp³-hybridized carbons (Fsp3) is 0.467. The summed E-state index contributed by atoms with van der Waals surface area (Å²) in [6.45, 7) is 13.9. The second-order valence-electron chi connectivity index (χ2n) is 4.36. The van der Waals surface area contributed by atoms with Gasteiger partial charge in [-0.25, -0.2) is 0 Å². The van der Waals surface area contributed by atoms with Gasteiger partial charge in [0.2, 0.25) is 0 Å². The van der Waals surface area contributed by atoms with Crippen molar-refractivity contribution in [2.45, 2.75) is 40.5 Å². The van der Waals surface area contributed by atoms with Crippen LogP contribution in [0.15, 0.2) is 30.5 Å². The molecule has 0 aliphatic carbocycles. The van der Waals surface area contributed by atoms with Crippen LogP contribution in [0, 0.1) is 13.8 Å². The standard InChI is InChI=1S/C15H23N/c1-6-10-16(14(5)7-2)15-11-12(3)8-9-13(15)4/h8-9,11H,5-7,10H2,1-4H3. The molecule has 0 bridgehead atoms. The number of benzene rings is 1. The number of allylic oxidation sites excluding steroid dienone is 1. The monoisotopic (exact) mass is 217 g/mol. The van der Waals surface area contributed by atoms with Gasteiger partial charge in [0.25, 0.3) is 0 Å². The summed E-state index contributed by atoms with van der Waals surface area (Å²) in [5.74, 6) is 0. The van der Waals surface area contributed by atoms with E-state index in [1.807, 2.05) is 0 Å². The Morgan fingerprint density at radius 3 is 2.50 bits per heavy atom. The van der Waals surface area contributed by atoms with E-state index in [-0.39, 0.29) is 0 Å². The molecule has 0 saturated carbocycles. The van der Waals surface area contributed by atoms with E-state index in [0.717, 1.165) is 19.4 Å². The minimum Gasteiger partial charge on any atom is -0.346 e. The molecule has 0 aliphatic rings. The Kier molecular flexibility index (Phi) is 4.60. The Morgan fingerprint density at radius 2 is 1.94 bits per heavy atom. The van der Waals surface area contributed by atoms with Gasteiger partial charge in [-0.15, -0.1) is 0 Å². The molecule has 0 N–H and O–H groups in total. The van der Waals surface area contributed by atoms with Crippen molar-refractivity contribution in [3.05, 3.63) is 41.6 Å². The zero-order valence-electron chi connectivity index (χ0n) is 11.0. The summed E-state index contributed by atoms with van der Waals surface area (Å²) in [5.41, 5.74) is 5.16. The predicted molar refractivity (Wildman–Crippen MR) is 73.0 cm³/mol. The van der Waals surface area contributed by atoms with Crippen LogP contribution in [0.5, 0.6) is 0 Å². The van der Waals surface area contributed by atoms with E-state index in [9.17, 15) is 0 Å². The highest BCUT2D eigenvalue weighted by atomic mass is 15.1. The van der Waals surface area contributed by atoms with E-state index in [1.165, 1.54) is 22.5 Å². The molecular formula is C15H23N. The normalized spacial score (nSPS) is 10.2. The third-order valence-electron chi connectivity index (χ3n) is 2.89. The number of rotatable bonds is 5. The lowest BCUT2D eigenvalue weighted by Gasteiger charge is -2.28. The van der Waals surface area contributed by atoms with Gasteiger partial charge in [-0.2, -0.15) is 0 Å². The van der Waals surface area contributed by atoms with Crippen molar-refractivity contribution in [1.82, 2.24) is 0 Å². The molecule has 1 nitrogen and oxygen atoms in total. The van der Waals surface area contributed by atoms with E-state index < -0.39 is 0 Å². The van der Waals surface area contributed by atoms with E-state index in [0.29, 0.717) is 0 Å². The van der Waals surface area contributed by atoms with Crippen LogP contribution in [-0.2, 0) is 0 Å². The molecule has 0 heterocycles. The largest absolute Gasteiger partial charge is 0.346 e. The van der Waals surface area contributed by atoms with Crippen LogP contribution in [0.3, 0.4) is 0 Å². The molecule has 0 aliphatic heterocycles. The quantitative estimate of drug-likeness (QED) is 0.704. The van der Waals surface area contributed by atoms with Gasteiger partial charge in [-0.05, 0) is 43.9 Å². The molecule has 0 amide bonds. The van der Waals surface area contributed by atoms with Crippen LogP contribution >= 0.6 is 0 Å². The summed E-state index contributed by atoms with van der Waals surface area (Å²) in [5, 5.41) is 0. The maximum atomic E-state index is 4.17. The predicted octanol–water partition coefficient (Wildman–Crippen LogP) is 4.44. The van der Waals surface area contributed by atoms with E-state index in [1.54, 1.807) is 0 Å². The third kappa shape index (κ3) is 2.88.